The van der Waals surface area contributed by atoms with Gasteiger partial charge in [0.1, 0.15) is 11.4 Å². The minimum absolute atomic E-state index is 0.00558. The highest BCUT2D eigenvalue weighted by Crippen LogP contribution is 2.32. The smallest absolute Gasteiger partial charge is 0.433 e. The standard InChI is InChI=1S/C17H18F3N3O2S/c1-11-4-2-6-23(9-11)15(24)10-26-16-21-12(13-5-3-7-25-13)8-14(22-16)17(18,19)20/h3,5,7-8,11H,2,4,6,9-10H2,1H3/t11-/m0/s1. The van der Waals surface area contributed by atoms with Gasteiger partial charge in [-0.05, 0) is 37.0 Å². The second-order valence-corrected chi connectivity index (χ2v) is 7.21. The van der Waals surface area contributed by atoms with E-state index in [2.05, 4.69) is 16.9 Å². The van der Waals surface area contributed by atoms with Gasteiger partial charge in [-0.25, -0.2) is 9.97 Å². The molecule has 1 aliphatic heterocycles. The molecule has 1 amide bonds. The van der Waals surface area contributed by atoms with Crippen molar-refractivity contribution in [3.8, 4) is 11.5 Å². The van der Waals surface area contributed by atoms with E-state index in [0.717, 1.165) is 30.7 Å². The molecule has 1 atom stereocenters. The van der Waals surface area contributed by atoms with Crippen LogP contribution in [0.2, 0.25) is 0 Å². The van der Waals surface area contributed by atoms with Crippen LogP contribution in [0.15, 0.2) is 34.0 Å². The van der Waals surface area contributed by atoms with Crippen molar-refractivity contribution in [1.82, 2.24) is 14.9 Å². The number of hydrogen-bond acceptors (Lipinski definition) is 5. The Balaban J connectivity index is 1.76. The lowest BCUT2D eigenvalue weighted by atomic mass is 10.0. The first kappa shape index (κ1) is 18.8. The lowest BCUT2D eigenvalue weighted by Crippen LogP contribution is -2.40. The van der Waals surface area contributed by atoms with Crippen LogP contribution in [0.3, 0.4) is 0 Å². The summed E-state index contributed by atoms with van der Waals surface area (Å²) in [6, 6.07) is 3.94. The van der Waals surface area contributed by atoms with Crippen LogP contribution < -0.4 is 0 Å². The molecule has 0 saturated carbocycles. The number of carbonyl (C=O) groups excluding carboxylic acids is 1. The molecule has 0 N–H and O–H groups in total. The molecule has 3 rings (SSSR count). The van der Waals surface area contributed by atoms with Gasteiger partial charge in [0.15, 0.2) is 10.9 Å². The Bertz CT molecular complexity index is 765. The Morgan fingerprint density at radius 1 is 1.42 bits per heavy atom. The average molecular weight is 385 g/mol. The van der Waals surface area contributed by atoms with E-state index in [1.54, 1.807) is 11.0 Å². The number of halogens is 3. The van der Waals surface area contributed by atoms with Gasteiger partial charge in [-0.2, -0.15) is 13.2 Å². The summed E-state index contributed by atoms with van der Waals surface area (Å²) < 4.78 is 44.5. The summed E-state index contributed by atoms with van der Waals surface area (Å²) in [5.41, 5.74) is -1.01. The first-order chi connectivity index (χ1) is 12.3. The fourth-order valence-corrected chi connectivity index (χ4v) is 3.58. The van der Waals surface area contributed by atoms with Crippen LogP contribution in [0, 0.1) is 5.92 Å². The van der Waals surface area contributed by atoms with Crippen LogP contribution in [-0.2, 0) is 11.0 Å². The Kier molecular flexibility index (Phi) is 5.55. The molecular weight excluding hydrogens is 367 g/mol. The third kappa shape index (κ3) is 4.57. The molecule has 1 fully saturated rings. The Hall–Kier alpha value is -2.03. The Morgan fingerprint density at radius 3 is 2.88 bits per heavy atom. The molecule has 1 aliphatic rings. The van der Waals surface area contributed by atoms with Gasteiger partial charge in [-0.15, -0.1) is 0 Å². The normalized spacial score (nSPS) is 18.2. The first-order valence-electron chi connectivity index (χ1n) is 8.23. The van der Waals surface area contributed by atoms with Gasteiger partial charge < -0.3 is 9.32 Å². The van der Waals surface area contributed by atoms with E-state index in [4.69, 9.17) is 4.42 Å². The van der Waals surface area contributed by atoms with E-state index < -0.39 is 11.9 Å². The molecule has 3 heterocycles. The van der Waals surface area contributed by atoms with Crippen LogP contribution in [0.4, 0.5) is 13.2 Å². The molecule has 0 aliphatic carbocycles. The predicted molar refractivity (Wildman–Crippen MR) is 90.4 cm³/mol. The Labute approximate surface area is 153 Å². The van der Waals surface area contributed by atoms with E-state index in [-0.39, 0.29) is 28.3 Å². The van der Waals surface area contributed by atoms with E-state index in [1.165, 1.54) is 12.3 Å². The van der Waals surface area contributed by atoms with Crippen molar-refractivity contribution in [2.45, 2.75) is 31.1 Å². The van der Waals surface area contributed by atoms with Gasteiger partial charge in [0.2, 0.25) is 5.91 Å². The molecule has 0 spiro atoms. The summed E-state index contributed by atoms with van der Waals surface area (Å²) in [5.74, 6) is 0.553. The summed E-state index contributed by atoms with van der Waals surface area (Å²) in [7, 11) is 0. The summed E-state index contributed by atoms with van der Waals surface area (Å²) in [6.07, 6.45) is -1.22. The van der Waals surface area contributed by atoms with Crippen molar-refractivity contribution in [2.24, 2.45) is 5.92 Å². The number of amides is 1. The van der Waals surface area contributed by atoms with Gasteiger partial charge >= 0.3 is 6.18 Å². The number of nitrogens with zero attached hydrogens (tertiary/aromatic N) is 3. The first-order valence-corrected chi connectivity index (χ1v) is 9.22. The zero-order chi connectivity index (χ0) is 18.7. The summed E-state index contributed by atoms with van der Waals surface area (Å²) in [5, 5.41) is -0.0929. The van der Waals surface area contributed by atoms with Crippen molar-refractivity contribution in [1.29, 1.82) is 0 Å². The highest BCUT2D eigenvalue weighted by Gasteiger charge is 2.34. The molecule has 9 heteroatoms. The zero-order valence-electron chi connectivity index (χ0n) is 14.1. The van der Waals surface area contributed by atoms with Crippen molar-refractivity contribution in [3.63, 3.8) is 0 Å². The van der Waals surface area contributed by atoms with E-state index in [1.807, 2.05) is 0 Å². The number of thioether (sulfide) groups is 1. The molecular formula is C17H18F3N3O2S. The predicted octanol–water partition coefficient (Wildman–Crippen LogP) is 4.11. The van der Waals surface area contributed by atoms with Crippen LogP contribution in [0.5, 0.6) is 0 Å². The second kappa shape index (κ2) is 7.69. The molecule has 0 unspecified atom stereocenters. The highest BCUT2D eigenvalue weighted by molar-refractivity contribution is 7.99. The number of aromatic nitrogens is 2. The third-order valence-corrected chi connectivity index (χ3v) is 4.94. The number of piperidine rings is 1. The van der Waals surface area contributed by atoms with Gasteiger partial charge in [-0.3, -0.25) is 4.79 Å². The van der Waals surface area contributed by atoms with E-state index >= 15 is 0 Å². The molecule has 26 heavy (non-hydrogen) atoms. The summed E-state index contributed by atoms with van der Waals surface area (Å²) in [4.78, 5) is 21.7. The highest BCUT2D eigenvalue weighted by atomic mass is 32.2. The maximum atomic E-state index is 13.1. The topological polar surface area (TPSA) is 59.2 Å². The molecule has 2 aromatic heterocycles. The lowest BCUT2D eigenvalue weighted by molar-refractivity contribution is -0.141. The summed E-state index contributed by atoms with van der Waals surface area (Å²) >= 11 is 0.910. The monoisotopic (exact) mass is 385 g/mol. The largest absolute Gasteiger partial charge is 0.463 e. The number of furan rings is 1. The SMILES string of the molecule is C[C@H]1CCCN(C(=O)CSc2nc(-c3ccco3)cc(C(F)(F)F)n2)C1. The van der Waals surface area contributed by atoms with E-state index in [0.29, 0.717) is 19.0 Å². The minimum atomic E-state index is -4.61. The molecule has 2 aromatic rings. The van der Waals surface area contributed by atoms with Crippen molar-refractivity contribution >= 4 is 17.7 Å². The molecule has 140 valence electrons. The van der Waals surface area contributed by atoms with Gasteiger partial charge in [0.25, 0.3) is 0 Å². The molecule has 1 saturated heterocycles. The third-order valence-electron chi connectivity index (χ3n) is 4.10. The van der Waals surface area contributed by atoms with Gasteiger partial charge in [0, 0.05) is 13.1 Å². The van der Waals surface area contributed by atoms with Crippen LogP contribution >= 0.6 is 11.8 Å². The molecule has 0 radical (unpaired) electrons. The molecule has 0 aromatic carbocycles. The van der Waals surface area contributed by atoms with Crippen LogP contribution in [-0.4, -0.2) is 39.6 Å². The Morgan fingerprint density at radius 2 is 2.23 bits per heavy atom. The average Bonchev–Trinajstić information content (AvgIpc) is 3.13. The van der Waals surface area contributed by atoms with Crippen LogP contribution in [0.1, 0.15) is 25.5 Å². The number of alkyl halides is 3. The number of rotatable bonds is 4. The van der Waals surface area contributed by atoms with E-state index in [9.17, 15) is 18.0 Å². The van der Waals surface area contributed by atoms with Crippen molar-refractivity contribution in [3.05, 3.63) is 30.2 Å². The minimum Gasteiger partial charge on any atom is -0.463 e. The van der Waals surface area contributed by atoms with Gasteiger partial charge in [-0.1, -0.05) is 18.7 Å². The number of likely N-dealkylation sites (tertiary alicyclic amines) is 1. The van der Waals surface area contributed by atoms with Crippen molar-refractivity contribution in [2.75, 3.05) is 18.8 Å². The second-order valence-electron chi connectivity index (χ2n) is 6.27. The number of carbonyl (C=O) groups is 1. The van der Waals surface area contributed by atoms with Gasteiger partial charge in [0.05, 0.1) is 12.0 Å². The quantitative estimate of drug-likeness (QED) is 0.586. The van der Waals surface area contributed by atoms with Crippen LogP contribution in [0.25, 0.3) is 11.5 Å². The maximum absolute atomic E-state index is 13.1. The fourth-order valence-electron chi connectivity index (χ4n) is 2.82. The molecule has 0 bridgehead atoms. The fraction of sp³-hybridized carbons (Fsp3) is 0.471. The zero-order valence-corrected chi connectivity index (χ0v) is 14.9. The number of hydrogen-bond donors (Lipinski definition) is 0. The summed E-state index contributed by atoms with van der Waals surface area (Å²) in [6.45, 7) is 3.45. The van der Waals surface area contributed by atoms with Crippen molar-refractivity contribution < 1.29 is 22.4 Å². The maximum Gasteiger partial charge on any atom is 0.433 e. The lowest BCUT2D eigenvalue weighted by Gasteiger charge is -2.30. The molecule has 5 nitrogen and oxygen atoms in total.